The van der Waals surface area contributed by atoms with Crippen LogP contribution in [-0.4, -0.2) is 15.6 Å². The highest BCUT2D eigenvalue weighted by Gasteiger charge is 2.19. The van der Waals surface area contributed by atoms with Gasteiger partial charge in [-0.1, -0.05) is 23.2 Å². The van der Waals surface area contributed by atoms with Crippen molar-refractivity contribution in [3.63, 3.8) is 0 Å². The minimum atomic E-state index is -0.169. The Morgan fingerprint density at radius 3 is 2.72 bits per heavy atom. The van der Waals surface area contributed by atoms with Crippen LogP contribution in [0.5, 0.6) is 0 Å². The predicted molar refractivity (Wildman–Crippen MR) is 80.5 cm³/mol. The lowest BCUT2D eigenvalue weighted by molar-refractivity contribution is 0.102. The van der Waals surface area contributed by atoms with E-state index < -0.39 is 0 Å². The molecule has 0 aliphatic rings. The van der Waals surface area contributed by atoms with Gasteiger partial charge in [0.25, 0.3) is 0 Å². The van der Waals surface area contributed by atoms with Crippen LogP contribution in [0, 0.1) is 3.57 Å². The molecule has 1 heterocycles. The summed E-state index contributed by atoms with van der Waals surface area (Å²) in [5.41, 5.74) is 0.911. The molecule has 0 saturated carbocycles. The molecule has 0 aliphatic heterocycles. The van der Waals surface area contributed by atoms with Gasteiger partial charge in [-0.15, -0.1) is 0 Å². The van der Waals surface area contributed by atoms with Gasteiger partial charge in [0.2, 0.25) is 5.78 Å². The Hall–Kier alpha value is -0.590. The van der Waals surface area contributed by atoms with Gasteiger partial charge < -0.3 is 0 Å². The molecule has 2 aromatic rings. The van der Waals surface area contributed by atoms with Gasteiger partial charge in [-0.25, -0.2) is 0 Å². The monoisotopic (exact) mass is 394 g/mol. The topological polar surface area (TPSA) is 34.9 Å². The molecule has 0 aliphatic carbocycles. The van der Waals surface area contributed by atoms with E-state index in [0.717, 1.165) is 3.57 Å². The van der Waals surface area contributed by atoms with Crippen molar-refractivity contribution in [1.29, 1.82) is 0 Å². The number of rotatable bonds is 3. The molecule has 0 fully saturated rings. The quantitative estimate of drug-likeness (QED) is 0.581. The van der Waals surface area contributed by atoms with Crippen LogP contribution in [0.15, 0.2) is 24.4 Å². The van der Waals surface area contributed by atoms with Crippen LogP contribution < -0.4 is 0 Å². The van der Waals surface area contributed by atoms with Gasteiger partial charge in [0, 0.05) is 15.7 Å². The van der Waals surface area contributed by atoms with Gasteiger partial charge in [-0.05, 0) is 47.7 Å². The molecule has 6 heteroatoms. The summed E-state index contributed by atoms with van der Waals surface area (Å²) in [6.45, 7) is 2.49. The van der Waals surface area contributed by atoms with E-state index in [2.05, 4.69) is 27.7 Å². The first-order chi connectivity index (χ1) is 8.54. The number of aromatic nitrogens is 2. The summed E-state index contributed by atoms with van der Waals surface area (Å²) in [4.78, 5) is 12.4. The fourth-order valence-corrected chi connectivity index (χ4v) is 2.35. The number of hydrogen-bond acceptors (Lipinski definition) is 2. The molecule has 18 heavy (non-hydrogen) atoms. The van der Waals surface area contributed by atoms with Crippen molar-refractivity contribution in [3.05, 3.63) is 49.3 Å². The molecule has 0 unspecified atom stereocenters. The van der Waals surface area contributed by atoms with Crippen molar-refractivity contribution in [3.8, 4) is 0 Å². The fraction of sp³-hybridized carbons (Fsp3) is 0.167. The average Bonchev–Trinajstić information content (AvgIpc) is 2.73. The Morgan fingerprint density at radius 1 is 1.39 bits per heavy atom. The van der Waals surface area contributed by atoms with E-state index in [-0.39, 0.29) is 5.78 Å². The van der Waals surface area contributed by atoms with E-state index in [4.69, 9.17) is 23.2 Å². The Kier molecular flexibility index (Phi) is 4.29. The Balaban J connectivity index is 2.47. The molecule has 2 rings (SSSR count). The highest BCUT2D eigenvalue weighted by Crippen LogP contribution is 2.24. The third kappa shape index (κ3) is 2.55. The minimum Gasteiger partial charge on any atom is -0.287 e. The first-order valence-corrected chi connectivity index (χ1v) is 7.09. The lowest BCUT2D eigenvalue weighted by Crippen LogP contribution is -2.11. The minimum absolute atomic E-state index is 0.169. The predicted octanol–water partition coefficient (Wildman–Crippen LogP) is 4.05. The first-order valence-electron chi connectivity index (χ1n) is 5.25. The lowest BCUT2D eigenvalue weighted by Gasteiger charge is -2.05. The second kappa shape index (κ2) is 5.59. The van der Waals surface area contributed by atoms with Crippen LogP contribution in [0.4, 0.5) is 0 Å². The van der Waals surface area contributed by atoms with Gasteiger partial charge in [-0.3, -0.25) is 9.48 Å². The Morgan fingerprint density at radius 2 is 2.11 bits per heavy atom. The first kappa shape index (κ1) is 13.8. The highest BCUT2D eigenvalue weighted by atomic mass is 127. The zero-order valence-electron chi connectivity index (χ0n) is 9.45. The van der Waals surface area contributed by atoms with Gasteiger partial charge in [-0.2, -0.15) is 5.10 Å². The lowest BCUT2D eigenvalue weighted by atomic mass is 10.1. The number of nitrogens with zero attached hydrogens (tertiary/aromatic N) is 2. The smallest absolute Gasteiger partial charge is 0.212 e. The molecule has 0 amide bonds. The summed E-state index contributed by atoms with van der Waals surface area (Å²) < 4.78 is 2.48. The molecule has 1 aromatic heterocycles. The van der Waals surface area contributed by atoms with Gasteiger partial charge in [0.15, 0.2) is 0 Å². The molecule has 3 nitrogen and oxygen atoms in total. The maximum atomic E-state index is 12.4. The summed E-state index contributed by atoms with van der Waals surface area (Å²) in [7, 11) is 0. The molecule has 94 valence electrons. The van der Waals surface area contributed by atoms with Crippen molar-refractivity contribution in [1.82, 2.24) is 9.78 Å². The number of carbonyl (C=O) groups excluding carboxylic acids is 1. The van der Waals surface area contributed by atoms with Crippen molar-refractivity contribution in [2.45, 2.75) is 13.5 Å². The fourth-order valence-electron chi connectivity index (χ4n) is 1.60. The summed E-state index contributed by atoms with van der Waals surface area (Å²) in [5, 5.41) is 4.96. The number of hydrogen-bond donors (Lipinski definition) is 0. The molecular formula is C12H9Cl2IN2O. The largest absolute Gasteiger partial charge is 0.287 e. The second-order valence-corrected chi connectivity index (χ2v) is 5.59. The van der Waals surface area contributed by atoms with Crippen LogP contribution in [0.3, 0.4) is 0 Å². The van der Waals surface area contributed by atoms with E-state index in [1.165, 1.54) is 6.20 Å². The van der Waals surface area contributed by atoms with Crippen LogP contribution >= 0.6 is 45.8 Å². The van der Waals surface area contributed by atoms with E-state index >= 15 is 0 Å². The average molecular weight is 395 g/mol. The summed E-state index contributed by atoms with van der Waals surface area (Å²) in [6, 6.07) is 5.19. The summed E-state index contributed by atoms with van der Waals surface area (Å²) in [6.07, 6.45) is 1.48. The van der Waals surface area contributed by atoms with E-state index in [1.54, 1.807) is 22.9 Å². The van der Waals surface area contributed by atoms with Gasteiger partial charge in [0.1, 0.15) is 5.69 Å². The maximum Gasteiger partial charge on any atom is 0.212 e. The van der Waals surface area contributed by atoms with Crippen molar-refractivity contribution >= 4 is 51.6 Å². The summed E-state index contributed by atoms with van der Waals surface area (Å²) >= 11 is 14.1. The standard InChI is InChI=1S/C12H9Cl2IN2O/c1-2-17-11(9(14)6-16-17)12(18)7-3-4-10(15)8(13)5-7/h3-6H,2H2,1H3. The normalized spacial score (nSPS) is 10.7. The van der Waals surface area contributed by atoms with E-state index in [0.29, 0.717) is 27.8 Å². The molecule has 0 spiro atoms. The number of aryl methyl sites for hydroxylation is 1. The highest BCUT2D eigenvalue weighted by molar-refractivity contribution is 14.1. The molecule has 0 N–H and O–H groups in total. The number of carbonyl (C=O) groups is 1. The Labute approximate surface area is 128 Å². The zero-order chi connectivity index (χ0) is 13.3. The molecule has 0 bridgehead atoms. The third-order valence-electron chi connectivity index (χ3n) is 2.49. The third-order valence-corrected chi connectivity index (χ3v) is 4.34. The molecular weight excluding hydrogens is 386 g/mol. The number of benzene rings is 1. The molecule has 1 aromatic carbocycles. The van der Waals surface area contributed by atoms with E-state index in [1.807, 2.05) is 6.92 Å². The maximum absolute atomic E-state index is 12.4. The van der Waals surface area contributed by atoms with Crippen LogP contribution in [0.25, 0.3) is 0 Å². The Bertz CT molecular complexity index is 610. The summed E-state index contributed by atoms with van der Waals surface area (Å²) in [5.74, 6) is -0.169. The van der Waals surface area contributed by atoms with E-state index in [9.17, 15) is 4.79 Å². The molecule has 0 atom stereocenters. The van der Waals surface area contributed by atoms with Crippen LogP contribution in [-0.2, 0) is 6.54 Å². The zero-order valence-corrected chi connectivity index (χ0v) is 13.1. The SMILES string of the molecule is CCn1ncc(Cl)c1C(=O)c1ccc(I)c(Cl)c1. The van der Waals surface area contributed by atoms with Crippen LogP contribution in [0.1, 0.15) is 23.0 Å². The second-order valence-electron chi connectivity index (χ2n) is 3.61. The van der Waals surface area contributed by atoms with Crippen molar-refractivity contribution in [2.24, 2.45) is 0 Å². The van der Waals surface area contributed by atoms with Crippen molar-refractivity contribution < 1.29 is 4.79 Å². The number of ketones is 1. The van der Waals surface area contributed by atoms with Crippen LogP contribution in [0.2, 0.25) is 10.0 Å². The van der Waals surface area contributed by atoms with Gasteiger partial charge in [0.05, 0.1) is 16.2 Å². The van der Waals surface area contributed by atoms with Gasteiger partial charge >= 0.3 is 0 Å². The molecule has 0 radical (unpaired) electrons. The van der Waals surface area contributed by atoms with Crippen molar-refractivity contribution in [2.75, 3.05) is 0 Å². The molecule has 0 saturated heterocycles. The number of halogens is 3.